The van der Waals surface area contributed by atoms with Crippen LogP contribution in [0.4, 0.5) is 10.5 Å². The molecule has 0 unspecified atom stereocenters. The Balaban J connectivity index is 2.03. The van der Waals surface area contributed by atoms with Gasteiger partial charge in [0.25, 0.3) is 5.91 Å². The van der Waals surface area contributed by atoms with Crippen molar-refractivity contribution >= 4 is 52.2 Å². The second-order valence-corrected chi connectivity index (χ2v) is 8.26. The standard InChI is InChI=1S/C20H26Cl2N4O4S/c1-29-10-4-8-23-19(27)16-13-31-17(24-16)12-26(9-5-11-30-2)20(28)25-15-7-3-6-14(21)18(15)22/h3,6-7,13H,4-5,8-12H2,1-2H3,(H,23,27)(H,25,28). The van der Waals surface area contributed by atoms with E-state index in [0.29, 0.717) is 54.1 Å². The van der Waals surface area contributed by atoms with E-state index in [9.17, 15) is 9.59 Å². The molecule has 31 heavy (non-hydrogen) atoms. The molecule has 170 valence electrons. The number of benzene rings is 1. The van der Waals surface area contributed by atoms with Crippen LogP contribution >= 0.6 is 34.5 Å². The Morgan fingerprint density at radius 1 is 1.16 bits per heavy atom. The lowest BCUT2D eigenvalue weighted by Gasteiger charge is -2.22. The van der Waals surface area contributed by atoms with Crippen molar-refractivity contribution in [3.8, 4) is 0 Å². The summed E-state index contributed by atoms with van der Waals surface area (Å²) in [7, 11) is 3.22. The fourth-order valence-electron chi connectivity index (χ4n) is 2.61. The normalized spacial score (nSPS) is 10.7. The number of amides is 3. The van der Waals surface area contributed by atoms with Gasteiger partial charge in [0, 0.05) is 45.9 Å². The maximum Gasteiger partial charge on any atom is 0.322 e. The van der Waals surface area contributed by atoms with Gasteiger partial charge in [-0.2, -0.15) is 0 Å². The molecule has 0 saturated carbocycles. The number of methoxy groups -OCH3 is 2. The van der Waals surface area contributed by atoms with Crippen molar-refractivity contribution in [2.24, 2.45) is 0 Å². The van der Waals surface area contributed by atoms with Gasteiger partial charge in [-0.05, 0) is 25.0 Å². The van der Waals surface area contributed by atoms with Crippen molar-refractivity contribution in [2.45, 2.75) is 19.4 Å². The van der Waals surface area contributed by atoms with Crippen LogP contribution in [-0.2, 0) is 16.0 Å². The molecule has 2 N–H and O–H groups in total. The van der Waals surface area contributed by atoms with Crippen molar-refractivity contribution in [3.63, 3.8) is 0 Å². The van der Waals surface area contributed by atoms with Crippen LogP contribution in [0.3, 0.4) is 0 Å². The number of hydrogen-bond acceptors (Lipinski definition) is 6. The lowest BCUT2D eigenvalue weighted by atomic mass is 10.3. The van der Waals surface area contributed by atoms with E-state index in [0.717, 1.165) is 6.42 Å². The number of carbonyl (C=O) groups is 2. The topological polar surface area (TPSA) is 92.8 Å². The molecule has 0 radical (unpaired) electrons. The summed E-state index contributed by atoms with van der Waals surface area (Å²) in [6.07, 6.45) is 1.37. The molecule has 1 heterocycles. The van der Waals surface area contributed by atoms with Crippen molar-refractivity contribution in [1.82, 2.24) is 15.2 Å². The summed E-state index contributed by atoms with van der Waals surface area (Å²) >= 11 is 13.5. The summed E-state index contributed by atoms with van der Waals surface area (Å²) in [5.74, 6) is -0.250. The third-order valence-corrected chi connectivity index (χ3v) is 5.83. The van der Waals surface area contributed by atoms with Gasteiger partial charge in [0.2, 0.25) is 0 Å². The van der Waals surface area contributed by atoms with Crippen molar-refractivity contribution in [3.05, 3.63) is 44.3 Å². The summed E-state index contributed by atoms with van der Waals surface area (Å²) in [6, 6.07) is 4.68. The van der Waals surface area contributed by atoms with Crippen LogP contribution < -0.4 is 10.6 Å². The number of nitrogens with zero attached hydrogens (tertiary/aromatic N) is 2. The highest BCUT2D eigenvalue weighted by Gasteiger charge is 2.19. The summed E-state index contributed by atoms with van der Waals surface area (Å²) in [4.78, 5) is 31.1. The highest BCUT2D eigenvalue weighted by molar-refractivity contribution is 7.09. The molecule has 0 spiro atoms. The molecule has 1 aromatic carbocycles. The first-order valence-electron chi connectivity index (χ1n) is 9.66. The fraction of sp³-hybridized carbons (Fsp3) is 0.450. The number of ether oxygens (including phenoxy) is 2. The Kier molecular flexibility index (Phi) is 11.0. The van der Waals surface area contributed by atoms with Gasteiger partial charge in [0.05, 0.1) is 22.3 Å². The highest BCUT2D eigenvalue weighted by atomic mass is 35.5. The Morgan fingerprint density at radius 3 is 2.65 bits per heavy atom. The average molecular weight is 489 g/mol. The van der Waals surface area contributed by atoms with Gasteiger partial charge in [-0.15, -0.1) is 11.3 Å². The minimum absolute atomic E-state index is 0.245. The molecule has 0 aliphatic rings. The number of aromatic nitrogens is 1. The number of carbonyl (C=O) groups excluding carboxylic acids is 2. The van der Waals surface area contributed by atoms with Crippen LogP contribution in [0.1, 0.15) is 28.3 Å². The Bertz CT molecular complexity index is 865. The van der Waals surface area contributed by atoms with E-state index in [1.54, 1.807) is 42.7 Å². The Hall–Kier alpha value is -1.91. The zero-order chi connectivity index (χ0) is 22.6. The second-order valence-electron chi connectivity index (χ2n) is 6.53. The van der Waals surface area contributed by atoms with E-state index >= 15 is 0 Å². The predicted octanol–water partition coefficient (Wildman–Crippen LogP) is 4.29. The minimum Gasteiger partial charge on any atom is -0.385 e. The third-order valence-electron chi connectivity index (χ3n) is 4.18. The number of rotatable bonds is 12. The quantitative estimate of drug-likeness (QED) is 0.434. The molecule has 0 fully saturated rings. The number of thiazole rings is 1. The summed E-state index contributed by atoms with van der Waals surface area (Å²) < 4.78 is 10.1. The number of halogens is 2. The third kappa shape index (κ3) is 8.27. The molecule has 8 nitrogen and oxygen atoms in total. The monoisotopic (exact) mass is 488 g/mol. The van der Waals surface area contributed by atoms with E-state index < -0.39 is 0 Å². The Labute approximate surface area is 195 Å². The van der Waals surface area contributed by atoms with Crippen LogP contribution in [0.25, 0.3) is 0 Å². The number of nitrogens with one attached hydrogen (secondary N) is 2. The minimum atomic E-state index is -0.346. The fourth-order valence-corrected chi connectivity index (χ4v) is 3.74. The van der Waals surface area contributed by atoms with E-state index in [1.165, 1.54) is 11.3 Å². The van der Waals surface area contributed by atoms with Gasteiger partial charge in [-0.1, -0.05) is 29.3 Å². The number of anilines is 1. The zero-order valence-corrected chi connectivity index (χ0v) is 19.8. The molecule has 0 aliphatic heterocycles. The second kappa shape index (κ2) is 13.5. The van der Waals surface area contributed by atoms with Gasteiger partial charge in [-0.25, -0.2) is 9.78 Å². The van der Waals surface area contributed by atoms with Crippen molar-refractivity contribution in [2.75, 3.05) is 45.8 Å². The maximum absolute atomic E-state index is 12.9. The van der Waals surface area contributed by atoms with Gasteiger partial charge < -0.3 is 25.0 Å². The van der Waals surface area contributed by atoms with E-state index in [-0.39, 0.29) is 23.5 Å². The van der Waals surface area contributed by atoms with Crippen molar-refractivity contribution in [1.29, 1.82) is 0 Å². The number of urea groups is 1. The average Bonchev–Trinajstić information content (AvgIpc) is 3.22. The molecule has 0 bridgehead atoms. The van der Waals surface area contributed by atoms with Gasteiger partial charge in [0.1, 0.15) is 10.7 Å². The van der Waals surface area contributed by atoms with E-state index in [2.05, 4.69) is 15.6 Å². The maximum atomic E-state index is 12.9. The molecular formula is C20H26Cl2N4O4S. The number of hydrogen-bond donors (Lipinski definition) is 2. The SMILES string of the molecule is COCCCNC(=O)c1csc(CN(CCCOC)C(=O)Nc2cccc(Cl)c2Cl)n1. The van der Waals surface area contributed by atoms with E-state index in [4.69, 9.17) is 32.7 Å². The van der Waals surface area contributed by atoms with Crippen molar-refractivity contribution < 1.29 is 19.1 Å². The van der Waals surface area contributed by atoms with Gasteiger partial charge >= 0.3 is 6.03 Å². The summed E-state index contributed by atoms with van der Waals surface area (Å²) in [5.41, 5.74) is 0.749. The molecule has 2 rings (SSSR count). The molecule has 0 aliphatic carbocycles. The first kappa shape index (κ1) is 25.4. The van der Waals surface area contributed by atoms with Crippen LogP contribution in [-0.4, -0.2) is 62.3 Å². The molecule has 11 heteroatoms. The smallest absolute Gasteiger partial charge is 0.322 e. The largest absolute Gasteiger partial charge is 0.385 e. The van der Waals surface area contributed by atoms with Gasteiger partial charge in [0.15, 0.2) is 0 Å². The first-order valence-corrected chi connectivity index (χ1v) is 11.3. The lowest BCUT2D eigenvalue weighted by molar-refractivity contribution is 0.0944. The highest BCUT2D eigenvalue weighted by Crippen LogP contribution is 2.29. The van der Waals surface area contributed by atoms with Crippen LogP contribution in [0.2, 0.25) is 10.0 Å². The molecule has 2 aromatic rings. The Morgan fingerprint density at radius 2 is 1.90 bits per heavy atom. The van der Waals surface area contributed by atoms with Gasteiger partial charge in [-0.3, -0.25) is 4.79 Å². The zero-order valence-electron chi connectivity index (χ0n) is 17.5. The molecule has 0 atom stereocenters. The molecular weight excluding hydrogens is 463 g/mol. The van der Waals surface area contributed by atoms with Crippen LogP contribution in [0.15, 0.2) is 23.6 Å². The van der Waals surface area contributed by atoms with Crippen LogP contribution in [0.5, 0.6) is 0 Å². The van der Waals surface area contributed by atoms with E-state index in [1.807, 2.05) is 0 Å². The lowest BCUT2D eigenvalue weighted by Crippen LogP contribution is -2.35. The summed E-state index contributed by atoms with van der Waals surface area (Å²) in [5, 5.41) is 8.53. The first-order chi connectivity index (χ1) is 15.0. The molecule has 0 saturated heterocycles. The van der Waals surface area contributed by atoms with Crippen LogP contribution in [0, 0.1) is 0 Å². The molecule has 3 amide bonds. The summed E-state index contributed by atoms with van der Waals surface area (Å²) in [6.45, 7) is 2.27. The predicted molar refractivity (Wildman–Crippen MR) is 123 cm³/mol. The molecule has 1 aromatic heterocycles.